The minimum atomic E-state index is -0.401. The number of hydrogen-bond donors (Lipinski definition) is 0. The molecule has 120 valence electrons. The Labute approximate surface area is 136 Å². The summed E-state index contributed by atoms with van der Waals surface area (Å²) in [6.07, 6.45) is 1.56. The van der Waals surface area contributed by atoms with Crippen LogP contribution in [-0.4, -0.2) is 30.4 Å². The maximum absolute atomic E-state index is 12.4. The van der Waals surface area contributed by atoms with Crippen LogP contribution in [0.3, 0.4) is 0 Å². The molecular formula is C17H22ClNO3. The Kier molecular flexibility index (Phi) is 7.12. The summed E-state index contributed by atoms with van der Waals surface area (Å²) >= 11 is 6.16. The number of benzene rings is 1. The Morgan fingerprint density at radius 3 is 2.50 bits per heavy atom. The van der Waals surface area contributed by atoms with Crippen molar-refractivity contribution in [1.82, 2.24) is 4.90 Å². The lowest BCUT2D eigenvalue weighted by Crippen LogP contribution is -2.36. The van der Waals surface area contributed by atoms with Crippen LogP contribution in [-0.2, 0) is 20.9 Å². The molecule has 0 aliphatic rings. The third-order valence-corrected chi connectivity index (χ3v) is 3.51. The van der Waals surface area contributed by atoms with Gasteiger partial charge >= 0.3 is 5.97 Å². The number of methoxy groups -OCH3 is 1. The Bertz CT molecular complexity index is 565. The molecule has 1 atom stereocenters. The highest BCUT2D eigenvalue weighted by Gasteiger charge is 2.21. The first-order valence-corrected chi connectivity index (χ1v) is 7.48. The van der Waals surface area contributed by atoms with Crippen molar-refractivity contribution in [3.63, 3.8) is 0 Å². The normalized spacial score (nSPS) is 11.5. The molecule has 5 heteroatoms. The van der Waals surface area contributed by atoms with Gasteiger partial charge in [-0.1, -0.05) is 42.3 Å². The van der Waals surface area contributed by atoms with Gasteiger partial charge in [0.05, 0.1) is 13.0 Å². The zero-order valence-corrected chi connectivity index (χ0v) is 14.2. The Morgan fingerprint density at radius 1 is 1.32 bits per heavy atom. The fraction of sp³-hybridized carbons (Fsp3) is 0.412. The van der Waals surface area contributed by atoms with Gasteiger partial charge in [-0.2, -0.15) is 0 Å². The monoisotopic (exact) mass is 323 g/mol. The number of hydrogen-bond acceptors (Lipinski definition) is 3. The standard InChI is InChI=1S/C17H22ClNO3/c1-12(2)9-16(20)19(10-13(3)17(21)22-4)11-14-7-5-6-8-15(14)18/h5-9,13H,10-11H2,1-4H3. The number of carbonyl (C=O) groups excluding carboxylic acids is 2. The Morgan fingerprint density at radius 2 is 1.95 bits per heavy atom. The highest BCUT2D eigenvalue weighted by molar-refractivity contribution is 6.31. The highest BCUT2D eigenvalue weighted by Crippen LogP contribution is 2.18. The number of ether oxygens (including phenoxy) is 1. The van der Waals surface area contributed by atoms with Crippen molar-refractivity contribution in [3.8, 4) is 0 Å². The lowest BCUT2D eigenvalue weighted by Gasteiger charge is -2.24. The summed E-state index contributed by atoms with van der Waals surface area (Å²) in [6, 6.07) is 7.36. The molecule has 0 radical (unpaired) electrons. The average molecular weight is 324 g/mol. The van der Waals surface area contributed by atoms with Crippen LogP contribution in [0.25, 0.3) is 0 Å². The van der Waals surface area contributed by atoms with Gasteiger partial charge in [0.1, 0.15) is 0 Å². The summed E-state index contributed by atoms with van der Waals surface area (Å²) in [5.41, 5.74) is 1.75. The van der Waals surface area contributed by atoms with Crippen LogP contribution in [0.2, 0.25) is 5.02 Å². The summed E-state index contributed by atoms with van der Waals surface area (Å²) in [4.78, 5) is 25.6. The van der Waals surface area contributed by atoms with Crippen molar-refractivity contribution < 1.29 is 14.3 Å². The smallest absolute Gasteiger partial charge is 0.310 e. The molecule has 1 unspecified atom stereocenters. The first-order chi connectivity index (χ1) is 10.3. The number of carbonyl (C=O) groups is 2. The Balaban J connectivity index is 2.96. The van der Waals surface area contributed by atoms with E-state index in [4.69, 9.17) is 16.3 Å². The molecule has 1 amide bonds. The summed E-state index contributed by atoms with van der Waals surface area (Å²) in [5, 5.41) is 0.600. The van der Waals surface area contributed by atoms with E-state index >= 15 is 0 Å². The Hall–Kier alpha value is -1.81. The van der Waals surface area contributed by atoms with Crippen molar-refractivity contribution in [2.75, 3.05) is 13.7 Å². The van der Waals surface area contributed by atoms with Crippen LogP contribution in [0.4, 0.5) is 0 Å². The summed E-state index contributed by atoms with van der Waals surface area (Å²) in [5.74, 6) is -0.883. The van der Waals surface area contributed by atoms with Crippen molar-refractivity contribution in [2.45, 2.75) is 27.3 Å². The average Bonchev–Trinajstić information content (AvgIpc) is 2.46. The molecule has 0 aliphatic carbocycles. The van der Waals surface area contributed by atoms with Crippen LogP contribution >= 0.6 is 11.6 Å². The number of rotatable bonds is 6. The van der Waals surface area contributed by atoms with Crippen LogP contribution in [0, 0.1) is 5.92 Å². The van der Waals surface area contributed by atoms with Gasteiger partial charge in [-0.25, -0.2) is 0 Å². The van der Waals surface area contributed by atoms with E-state index in [0.29, 0.717) is 11.6 Å². The van der Waals surface area contributed by atoms with Gasteiger partial charge in [0.25, 0.3) is 0 Å². The molecule has 0 heterocycles. The second kappa shape index (κ2) is 8.59. The van der Waals surface area contributed by atoms with Gasteiger partial charge in [-0.05, 0) is 25.5 Å². The van der Waals surface area contributed by atoms with Gasteiger partial charge in [-0.15, -0.1) is 0 Å². The van der Waals surface area contributed by atoms with Gasteiger partial charge in [0.2, 0.25) is 5.91 Å². The molecular weight excluding hydrogens is 302 g/mol. The molecule has 1 aromatic rings. The lowest BCUT2D eigenvalue weighted by atomic mass is 10.1. The second-order valence-corrected chi connectivity index (χ2v) is 5.86. The SMILES string of the molecule is COC(=O)C(C)CN(Cc1ccccc1Cl)C(=O)C=C(C)C. The van der Waals surface area contributed by atoms with E-state index in [2.05, 4.69) is 0 Å². The molecule has 0 saturated carbocycles. The largest absolute Gasteiger partial charge is 0.469 e. The van der Waals surface area contributed by atoms with Crippen LogP contribution in [0.15, 0.2) is 35.9 Å². The van der Waals surface area contributed by atoms with Crippen LogP contribution in [0.5, 0.6) is 0 Å². The quantitative estimate of drug-likeness (QED) is 0.595. The predicted molar refractivity (Wildman–Crippen MR) is 87.5 cm³/mol. The first-order valence-electron chi connectivity index (χ1n) is 7.10. The van der Waals surface area contributed by atoms with E-state index in [1.54, 1.807) is 24.0 Å². The van der Waals surface area contributed by atoms with Gasteiger partial charge in [0.15, 0.2) is 0 Å². The van der Waals surface area contributed by atoms with E-state index < -0.39 is 5.92 Å². The molecule has 0 N–H and O–H groups in total. The number of amides is 1. The fourth-order valence-electron chi connectivity index (χ4n) is 2.01. The van der Waals surface area contributed by atoms with Crippen molar-refractivity contribution in [3.05, 3.63) is 46.5 Å². The van der Waals surface area contributed by atoms with Gasteiger partial charge in [0, 0.05) is 24.2 Å². The zero-order valence-electron chi connectivity index (χ0n) is 13.4. The predicted octanol–water partition coefficient (Wildman–Crippen LogP) is 3.44. The van der Waals surface area contributed by atoms with Crippen LogP contribution < -0.4 is 0 Å². The molecule has 0 fully saturated rings. The third-order valence-electron chi connectivity index (χ3n) is 3.14. The van der Waals surface area contributed by atoms with E-state index in [1.165, 1.54) is 7.11 Å². The molecule has 1 aromatic carbocycles. The summed E-state index contributed by atoms with van der Waals surface area (Å²) in [6.45, 7) is 6.08. The number of esters is 1. The van der Waals surface area contributed by atoms with E-state index in [1.807, 2.05) is 32.0 Å². The molecule has 0 saturated heterocycles. The summed E-state index contributed by atoms with van der Waals surface area (Å²) < 4.78 is 4.73. The van der Waals surface area contributed by atoms with Gasteiger partial charge in [-0.3, -0.25) is 9.59 Å². The van der Waals surface area contributed by atoms with E-state index in [0.717, 1.165) is 11.1 Å². The van der Waals surface area contributed by atoms with Crippen molar-refractivity contribution >= 4 is 23.5 Å². The second-order valence-electron chi connectivity index (χ2n) is 5.46. The van der Waals surface area contributed by atoms with E-state index in [-0.39, 0.29) is 18.4 Å². The van der Waals surface area contributed by atoms with Crippen LogP contribution in [0.1, 0.15) is 26.3 Å². The maximum Gasteiger partial charge on any atom is 0.310 e. The molecule has 0 aliphatic heterocycles. The lowest BCUT2D eigenvalue weighted by molar-refractivity contribution is -0.146. The fourth-order valence-corrected chi connectivity index (χ4v) is 2.20. The minimum absolute atomic E-state index is 0.143. The zero-order chi connectivity index (χ0) is 16.7. The minimum Gasteiger partial charge on any atom is -0.469 e. The molecule has 22 heavy (non-hydrogen) atoms. The van der Waals surface area contributed by atoms with Crippen molar-refractivity contribution in [2.24, 2.45) is 5.92 Å². The maximum atomic E-state index is 12.4. The number of allylic oxidation sites excluding steroid dienone is 1. The number of nitrogens with zero attached hydrogens (tertiary/aromatic N) is 1. The first kappa shape index (κ1) is 18.2. The number of halogens is 1. The molecule has 0 spiro atoms. The molecule has 0 bridgehead atoms. The van der Waals surface area contributed by atoms with Crippen molar-refractivity contribution in [1.29, 1.82) is 0 Å². The van der Waals surface area contributed by atoms with E-state index in [9.17, 15) is 9.59 Å². The molecule has 4 nitrogen and oxygen atoms in total. The molecule has 0 aromatic heterocycles. The summed E-state index contributed by atoms with van der Waals surface area (Å²) in [7, 11) is 1.34. The topological polar surface area (TPSA) is 46.6 Å². The third kappa shape index (κ3) is 5.53. The highest BCUT2D eigenvalue weighted by atomic mass is 35.5. The molecule has 1 rings (SSSR count). The van der Waals surface area contributed by atoms with Gasteiger partial charge < -0.3 is 9.64 Å².